The molecule has 0 saturated heterocycles. The number of nitrogens with zero attached hydrogens (tertiary/aromatic N) is 2. The van der Waals surface area contributed by atoms with Gasteiger partial charge in [-0.1, -0.05) is 12.1 Å². The van der Waals surface area contributed by atoms with Gasteiger partial charge in [-0.25, -0.2) is 9.59 Å². The molecule has 9 nitrogen and oxygen atoms in total. The highest BCUT2D eigenvalue weighted by Crippen LogP contribution is 2.21. The summed E-state index contributed by atoms with van der Waals surface area (Å²) >= 11 is 0. The number of carbonyl (C=O) groups is 2. The molecule has 3 heterocycles. The summed E-state index contributed by atoms with van der Waals surface area (Å²) < 4.78 is 71.0. The number of alkyl halides is 6. The number of rotatable bonds is 5. The minimum atomic E-state index is -5.08. The van der Waals surface area contributed by atoms with Gasteiger partial charge in [0.15, 0.2) is 0 Å². The smallest absolute Gasteiger partial charge is 0.475 e. The van der Waals surface area contributed by atoms with Crippen molar-refractivity contribution in [3.8, 4) is 0 Å². The highest BCUT2D eigenvalue weighted by Gasteiger charge is 2.38. The van der Waals surface area contributed by atoms with Crippen LogP contribution in [-0.4, -0.2) is 50.1 Å². The first kappa shape index (κ1) is 32.1. The van der Waals surface area contributed by atoms with Gasteiger partial charge in [-0.15, -0.1) is 0 Å². The second-order valence-corrected chi connectivity index (χ2v) is 8.53. The summed E-state index contributed by atoms with van der Waals surface area (Å²) in [5, 5.41) is 17.8. The molecule has 0 aliphatic heterocycles. The first-order valence-electron chi connectivity index (χ1n) is 11.6. The van der Waals surface area contributed by atoms with Crippen LogP contribution in [0.2, 0.25) is 0 Å². The van der Waals surface area contributed by atoms with Crippen molar-refractivity contribution in [2.75, 3.05) is 0 Å². The largest absolute Gasteiger partial charge is 0.490 e. The van der Waals surface area contributed by atoms with Gasteiger partial charge in [-0.2, -0.15) is 26.3 Å². The molecule has 1 unspecified atom stereocenters. The molecule has 0 spiro atoms. The van der Waals surface area contributed by atoms with Crippen molar-refractivity contribution < 1.29 is 50.6 Å². The first-order valence-corrected chi connectivity index (χ1v) is 11.6. The number of hydrogen-bond donors (Lipinski definition) is 3. The predicted molar refractivity (Wildman–Crippen MR) is 128 cm³/mol. The molecular weight excluding hydrogens is 552 g/mol. The van der Waals surface area contributed by atoms with E-state index in [-0.39, 0.29) is 5.56 Å². The maximum atomic E-state index is 12.4. The van der Waals surface area contributed by atoms with E-state index in [0.29, 0.717) is 12.6 Å². The SMILES string of the molecule is Cc1ccc(CNC2CCc3c(ccc(=O)n3Cc3cccnc3)C2)o1.O=C(O)C(F)(F)F.O=C(O)C(F)(F)F. The topological polar surface area (TPSA) is 135 Å². The summed E-state index contributed by atoms with van der Waals surface area (Å²) in [6, 6.07) is 12.0. The lowest BCUT2D eigenvalue weighted by molar-refractivity contribution is -0.193. The monoisotopic (exact) mass is 577 g/mol. The third kappa shape index (κ3) is 10.2. The molecule has 3 N–H and O–H groups in total. The Kier molecular flexibility index (Phi) is 11.0. The van der Waals surface area contributed by atoms with Crippen LogP contribution in [0.5, 0.6) is 0 Å². The summed E-state index contributed by atoms with van der Waals surface area (Å²) in [5.74, 6) is -3.61. The first-order chi connectivity index (χ1) is 18.6. The average Bonchev–Trinajstić information content (AvgIpc) is 3.29. The summed E-state index contributed by atoms with van der Waals surface area (Å²) in [6.07, 6.45) is -3.74. The van der Waals surface area contributed by atoms with Crippen LogP contribution in [0.3, 0.4) is 0 Å². The van der Waals surface area contributed by atoms with Gasteiger partial charge in [0.25, 0.3) is 5.56 Å². The van der Waals surface area contributed by atoms with E-state index in [2.05, 4.69) is 10.3 Å². The van der Waals surface area contributed by atoms with Crippen molar-refractivity contribution >= 4 is 11.9 Å². The van der Waals surface area contributed by atoms with Crippen LogP contribution in [0.25, 0.3) is 0 Å². The molecule has 1 aliphatic carbocycles. The van der Waals surface area contributed by atoms with Crippen LogP contribution in [0.4, 0.5) is 26.3 Å². The molecule has 0 fully saturated rings. The van der Waals surface area contributed by atoms with Gasteiger partial charge >= 0.3 is 24.3 Å². The Hall–Kier alpha value is -4.14. The number of aromatic nitrogens is 2. The van der Waals surface area contributed by atoms with Crippen molar-refractivity contribution in [1.29, 1.82) is 0 Å². The number of carboxylic acid groups (broad SMARTS) is 2. The van der Waals surface area contributed by atoms with Gasteiger partial charge in [0.05, 0.1) is 13.1 Å². The van der Waals surface area contributed by atoms with Crippen LogP contribution in [0.15, 0.2) is 58.0 Å². The Morgan fingerprint density at radius 3 is 2.17 bits per heavy atom. The minimum absolute atomic E-state index is 0.0603. The maximum absolute atomic E-state index is 12.4. The molecule has 0 amide bonds. The lowest BCUT2D eigenvalue weighted by Gasteiger charge is -2.27. The number of halogens is 6. The van der Waals surface area contributed by atoms with E-state index in [9.17, 15) is 31.1 Å². The summed E-state index contributed by atoms with van der Waals surface area (Å²) in [5.41, 5.74) is 3.53. The fourth-order valence-corrected chi connectivity index (χ4v) is 3.67. The molecule has 0 aromatic carbocycles. The second kappa shape index (κ2) is 13.8. The number of hydrogen-bond acceptors (Lipinski definition) is 6. The highest BCUT2D eigenvalue weighted by atomic mass is 19.4. The molecule has 1 aliphatic rings. The quantitative estimate of drug-likeness (QED) is 0.386. The zero-order valence-corrected chi connectivity index (χ0v) is 20.9. The number of nitrogens with one attached hydrogen (secondary N) is 1. The van der Waals surface area contributed by atoms with E-state index < -0.39 is 24.3 Å². The minimum Gasteiger partial charge on any atom is -0.475 e. The third-order valence-corrected chi connectivity index (χ3v) is 5.49. The molecule has 0 radical (unpaired) electrons. The lowest BCUT2D eigenvalue weighted by Crippen LogP contribution is -2.37. The Morgan fingerprint density at radius 2 is 1.68 bits per heavy atom. The second-order valence-electron chi connectivity index (χ2n) is 8.53. The Morgan fingerprint density at radius 1 is 1.05 bits per heavy atom. The van der Waals surface area contributed by atoms with Gasteiger partial charge in [0.1, 0.15) is 11.5 Å². The normalized spacial score (nSPS) is 14.6. The highest BCUT2D eigenvalue weighted by molar-refractivity contribution is 5.73. The molecular formula is C25H25F6N3O6. The predicted octanol–water partition coefficient (Wildman–Crippen LogP) is 4.11. The Labute approximate surface area is 223 Å². The lowest BCUT2D eigenvalue weighted by atomic mass is 9.91. The Bertz CT molecular complexity index is 1310. The van der Waals surface area contributed by atoms with Gasteiger partial charge < -0.3 is 24.5 Å². The third-order valence-electron chi connectivity index (χ3n) is 5.49. The van der Waals surface area contributed by atoms with Crippen molar-refractivity contribution in [1.82, 2.24) is 14.9 Å². The molecule has 1 atom stereocenters. The van der Waals surface area contributed by atoms with Crippen molar-refractivity contribution in [3.63, 3.8) is 0 Å². The molecule has 0 bridgehead atoms. The number of carboxylic acids is 2. The van der Waals surface area contributed by atoms with E-state index in [4.69, 9.17) is 24.2 Å². The number of furan rings is 1. The van der Waals surface area contributed by atoms with E-state index in [1.54, 1.807) is 12.3 Å². The molecule has 0 saturated carbocycles. The Balaban J connectivity index is 0.000000333. The van der Waals surface area contributed by atoms with E-state index in [0.717, 1.165) is 48.6 Å². The zero-order valence-electron chi connectivity index (χ0n) is 20.9. The molecule has 40 heavy (non-hydrogen) atoms. The molecule has 15 heteroatoms. The van der Waals surface area contributed by atoms with Gasteiger partial charge in [-0.3, -0.25) is 9.78 Å². The van der Waals surface area contributed by atoms with Crippen LogP contribution in [0.1, 0.15) is 34.8 Å². The molecule has 3 aromatic heterocycles. The zero-order chi connectivity index (χ0) is 30.1. The van der Waals surface area contributed by atoms with Crippen LogP contribution < -0.4 is 10.9 Å². The summed E-state index contributed by atoms with van der Waals surface area (Å²) in [7, 11) is 0. The number of aryl methyl sites for hydroxylation is 1. The maximum Gasteiger partial charge on any atom is 0.490 e. The standard InChI is InChI=1S/C21H23N3O2.2C2HF3O2/c1-15-4-7-19(26-15)13-23-18-6-8-20-17(11-18)5-9-21(25)24(20)14-16-3-2-10-22-12-16;2*3-2(4,5)1(6)7/h2-5,7,9-10,12,18,23H,6,8,11,13-14H2,1H3;2*(H,6,7). The van der Waals surface area contributed by atoms with Crippen LogP contribution in [0, 0.1) is 6.92 Å². The summed E-state index contributed by atoms with van der Waals surface area (Å²) in [6.45, 7) is 3.28. The summed E-state index contributed by atoms with van der Waals surface area (Å²) in [4.78, 5) is 34.4. The number of aliphatic carboxylic acids is 2. The number of fused-ring (bicyclic) bond motifs is 1. The van der Waals surface area contributed by atoms with Gasteiger partial charge in [-0.05, 0) is 55.5 Å². The average molecular weight is 577 g/mol. The van der Waals surface area contributed by atoms with E-state index in [1.165, 1.54) is 5.56 Å². The molecule has 3 aromatic rings. The van der Waals surface area contributed by atoms with E-state index >= 15 is 0 Å². The van der Waals surface area contributed by atoms with E-state index in [1.807, 2.05) is 48.0 Å². The van der Waals surface area contributed by atoms with Crippen molar-refractivity contribution in [2.45, 2.75) is 57.7 Å². The van der Waals surface area contributed by atoms with Crippen LogP contribution in [-0.2, 0) is 35.5 Å². The van der Waals surface area contributed by atoms with Gasteiger partial charge in [0.2, 0.25) is 0 Å². The van der Waals surface area contributed by atoms with Crippen molar-refractivity contribution in [2.24, 2.45) is 0 Å². The fraction of sp³-hybridized carbons (Fsp3) is 0.360. The van der Waals surface area contributed by atoms with Gasteiger partial charge in [0, 0.05) is 30.2 Å². The fourth-order valence-electron chi connectivity index (χ4n) is 3.67. The van der Waals surface area contributed by atoms with Crippen LogP contribution >= 0.6 is 0 Å². The number of pyridine rings is 2. The molecule has 218 valence electrons. The van der Waals surface area contributed by atoms with Crippen molar-refractivity contribution in [3.05, 3.63) is 87.5 Å². The molecule has 4 rings (SSSR count).